The summed E-state index contributed by atoms with van der Waals surface area (Å²) in [5.41, 5.74) is 4.75. The minimum atomic E-state index is 0.0587. The molecule has 138 valence electrons. The van der Waals surface area contributed by atoms with Gasteiger partial charge in [-0.15, -0.1) is 0 Å². The number of carbonyl (C=O) groups is 1. The van der Waals surface area contributed by atoms with Gasteiger partial charge in [0.1, 0.15) is 13.2 Å². The zero-order chi connectivity index (χ0) is 18.5. The lowest BCUT2D eigenvalue weighted by Gasteiger charge is -2.20. The minimum absolute atomic E-state index is 0.0587. The molecule has 4 nitrogen and oxygen atoms in total. The highest BCUT2D eigenvalue weighted by atomic mass is 16.6. The molecule has 3 rings (SSSR count). The number of aryl methyl sites for hydroxylation is 3. The molecule has 0 spiro atoms. The summed E-state index contributed by atoms with van der Waals surface area (Å²) in [5.74, 6) is 1.63. The van der Waals surface area contributed by atoms with E-state index in [1.165, 1.54) is 16.7 Å². The molecule has 1 atom stereocenters. The average Bonchev–Trinajstić information content (AvgIpc) is 2.65. The second-order valence-electron chi connectivity index (χ2n) is 6.87. The van der Waals surface area contributed by atoms with Crippen LogP contribution in [0.15, 0.2) is 36.4 Å². The molecule has 1 heterocycles. The third-order valence-corrected chi connectivity index (χ3v) is 4.79. The van der Waals surface area contributed by atoms with E-state index >= 15 is 0 Å². The van der Waals surface area contributed by atoms with Crippen molar-refractivity contribution >= 4 is 5.91 Å². The third kappa shape index (κ3) is 4.37. The third-order valence-electron chi connectivity index (χ3n) is 4.79. The molecule has 4 heteroatoms. The number of benzene rings is 2. The first-order valence-electron chi connectivity index (χ1n) is 9.32. The van der Waals surface area contributed by atoms with Gasteiger partial charge in [0.15, 0.2) is 11.5 Å². The lowest BCUT2D eigenvalue weighted by Crippen LogP contribution is -2.28. The van der Waals surface area contributed by atoms with E-state index in [1.54, 1.807) is 0 Å². The summed E-state index contributed by atoms with van der Waals surface area (Å²) in [7, 11) is 0. The summed E-state index contributed by atoms with van der Waals surface area (Å²) in [5, 5.41) is 3.18. The molecule has 0 fully saturated rings. The van der Waals surface area contributed by atoms with Crippen molar-refractivity contribution in [3.8, 4) is 11.5 Å². The molecule has 0 bridgehead atoms. The topological polar surface area (TPSA) is 47.6 Å². The van der Waals surface area contributed by atoms with Crippen molar-refractivity contribution in [2.45, 2.75) is 46.1 Å². The highest BCUT2D eigenvalue weighted by molar-refractivity contribution is 5.76. The van der Waals surface area contributed by atoms with Crippen molar-refractivity contribution in [1.29, 1.82) is 0 Å². The van der Waals surface area contributed by atoms with Gasteiger partial charge in [0.05, 0.1) is 6.04 Å². The smallest absolute Gasteiger partial charge is 0.220 e. The fourth-order valence-electron chi connectivity index (χ4n) is 3.38. The fraction of sp³-hybridized carbons (Fsp3) is 0.409. The second kappa shape index (κ2) is 8.26. The summed E-state index contributed by atoms with van der Waals surface area (Å²) < 4.78 is 11.1. The van der Waals surface area contributed by atoms with Crippen LogP contribution in [-0.2, 0) is 11.2 Å². The average molecular weight is 353 g/mol. The molecule has 0 aliphatic carbocycles. The first kappa shape index (κ1) is 18.3. The second-order valence-corrected chi connectivity index (χ2v) is 6.87. The van der Waals surface area contributed by atoms with E-state index in [-0.39, 0.29) is 11.9 Å². The van der Waals surface area contributed by atoms with E-state index in [1.807, 2.05) is 18.2 Å². The van der Waals surface area contributed by atoms with Crippen molar-refractivity contribution in [2.24, 2.45) is 0 Å². The SMILES string of the molecule is CCC(NC(=O)CCc1ccc2c(c1)OCCO2)c1ccc(C)cc1C. The lowest BCUT2D eigenvalue weighted by atomic mass is 9.97. The van der Waals surface area contributed by atoms with Crippen molar-refractivity contribution in [3.05, 3.63) is 58.7 Å². The van der Waals surface area contributed by atoms with Crippen LogP contribution in [-0.4, -0.2) is 19.1 Å². The molecule has 0 saturated heterocycles. The molecule has 0 saturated carbocycles. The molecule has 2 aromatic rings. The van der Waals surface area contributed by atoms with E-state index < -0.39 is 0 Å². The predicted molar refractivity (Wildman–Crippen MR) is 103 cm³/mol. The van der Waals surface area contributed by atoms with E-state index in [9.17, 15) is 4.79 Å². The summed E-state index contributed by atoms with van der Waals surface area (Å²) in [6.07, 6.45) is 2.02. The summed E-state index contributed by atoms with van der Waals surface area (Å²) in [4.78, 5) is 12.5. The number of rotatable bonds is 6. The normalized spacial score (nSPS) is 14.0. The van der Waals surface area contributed by atoms with Crippen molar-refractivity contribution in [1.82, 2.24) is 5.32 Å². The van der Waals surface area contributed by atoms with Crippen LogP contribution in [0.4, 0.5) is 0 Å². The van der Waals surface area contributed by atoms with Crippen molar-refractivity contribution in [2.75, 3.05) is 13.2 Å². The van der Waals surface area contributed by atoms with Gasteiger partial charge in [-0.25, -0.2) is 0 Å². The molecule has 2 aromatic carbocycles. The van der Waals surface area contributed by atoms with Gasteiger partial charge in [-0.2, -0.15) is 0 Å². The summed E-state index contributed by atoms with van der Waals surface area (Å²) in [6.45, 7) is 7.46. The number of ether oxygens (including phenoxy) is 2. The largest absolute Gasteiger partial charge is 0.486 e. The van der Waals surface area contributed by atoms with E-state index in [0.29, 0.717) is 26.1 Å². The van der Waals surface area contributed by atoms with Crippen LogP contribution in [0.2, 0.25) is 0 Å². The van der Waals surface area contributed by atoms with Gasteiger partial charge >= 0.3 is 0 Å². The van der Waals surface area contributed by atoms with Gasteiger partial charge in [0.25, 0.3) is 0 Å². The Morgan fingerprint density at radius 3 is 2.58 bits per heavy atom. The lowest BCUT2D eigenvalue weighted by molar-refractivity contribution is -0.121. The molecule has 1 aliphatic heterocycles. The molecule has 1 N–H and O–H groups in total. The summed E-state index contributed by atoms with van der Waals surface area (Å²) >= 11 is 0. The van der Waals surface area contributed by atoms with Crippen LogP contribution >= 0.6 is 0 Å². The quantitative estimate of drug-likeness (QED) is 0.843. The maximum Gasteiger partial charge on any atom is 0.220 e. The minimum Gasteiger partial charge on any atom is -0.486 e. The monoisotopic (exact) mass is 353 g/mol. The Kier molecular flexibility index (Phi) is 5.82. The molecule has 26 heavy (non-hydrogen) atoms. The van der Waals surface area contributed by atoms with Crippen LogP contribution in [0.1, 0.15) is 48.1 Å². The number of amides is 1. The highest BCUT2D eigenvalue weighted by Gasteiger charge is 2.16. The molecule has 0 aromatic heterocycles. The Bertz CT molecular complexity index is 785. The van der Waals surface area contributed by atoms with Crippen LogP contribution in [0, 0.1) is 13.8 Å². The molecular formula is C22H27NO3. The predicted octanol–water partition coefficient (Wildman–Crippen LogP) is 4.27. The summed E-state index contributed by atoms with van der Waals surface area (Å²) in [6, 6.07) is 12.4. The molecule has 1 amide bonds. The number of nitrogens with one attached hydrogen (secondary N) is 1. The molecular weight excluding hydrogens is 326 g/mol. The van der Waals surface area contributed by atoms with Crippen molar-refractivity contribution < 1.29 is 14.3 Å². The van der Waals surface area contributed by atoms with E-state index in [0.717, 1.165) is 23.5 Å². The van der Waals surface area contributed by atoms with Gasteiger partial charge in [0, 0.05) is 6.42 Å². The van der Waals surface area contributed by atoms with Crippen LogP contribution < -0.4 is 14.8 Å². The van der Waals surface area contributed by atoms with Gasteiger partial charge in [-0.3, -0.25) is 4.79 Å². The van der Waals surface area contributed by atoms with E-state index in [2.05, 4.69) is 44.3 Å². The van der Waals surface area contributed by atoms with E-state index in [4.69, 9.17) is 9.47 Å². The van der Waals surface area contributed by atoms with Gasteiger partial charge < -0.3 is 14.8 Å². The Hall–Kier alpha value is -2.49. The number of carbonyl (C=O) groups excluding carboxylic acids is 1. The van der Waals surface area contributed by atoms with Crippen LogP contribution in [0.5, 0.6) is 11.5 Å². The first-order valence-corrected chi connectivity index (χ1v) is 9.32. The number of hydrogen-bond donors (Lipinski definition) is 1. The Morgan fingerprint density at radius 2 is 1.85 bits per heavy atom. The zero-order valence-corrected chi connectivity index (χ0v) is 15.8. The van der Waals surface area contributed by atoms with Gasteiger partial charge in [0.2, 0.25) is 5.91 Å². The molecule has 1 unspecified atom stereocenters. The fourth-order valence-corrected chi connectivity index (χ4v) is 3.38. The van der Waals surface area contributed by atoms with Crippen LogP contribution in [0.3, 0.4) is 0 Å². The Labute approximate surface area is 155 Å². The number of fused-ring (bicyclic) bond motifs is 1. The number of hydrogen-bond acceptors (Lipinski definition) is 3. The van der Waals surface area contributed by atoms with Gasteiger partial charge in [-0.05, 0) is 55.5 Å². The van der Waals surface area contributed by atoms with Crippen LogP contribution in [0.25, 0.3) is 0 Å². The Morgan fingerprint density at radius 1 is 1.08 bits per heavy atom. The highest BCUT2D eigenvalue weighted by Crippen LogP contribution is 2.31. The Balaban J connectivity index is 1.59. The molecule has 1 aliphatic rings. The maximum absolute atomic E-state index is 12.5. The first-order chi connectivity index (χ1) is 12.6. The molecule has 0 radical (unpaired) electrons. The van der Waals surface area contributed by atoms with Crippen molar-refractivity contribution in [3.63, 3.8) is 0 Å². The zero-order valence-electron chi connectivity index (χ0n) is 15.8. The van der Waals surface area contributed by atoms with Gasteiger partial charge in [-0.1, -0.05) is 36.8 Å². The standard InChI is InChI=1S/C22H27NO3/c1-4-19(18-8-5-15(2)13-16(18)3)23-22(24)10-7-17-6-9-20-21(14-17)26-12-11-25-20/h5-6,8-9,13-14,19H,4,7,10-12H2,1-3H3,(H,23,24). The maximum atomic E-state index is 12.5.